The first-order chi connectivity index (χ1) is 13.9. The summed E-state index contributed by atoms with van der Waals surface area (Å²) in [5.41, 5.74) is 4.23. The van der Waals surface area contributed by atoms with Crippen LogP contribution in [0.1, 0.15) is 17.8 Å². The van der Waals surface area contributed by atoms with Gasteiger partial charge in [0.05, 0.1) is 18.2 Å². The smallest absolute Gasteiger partial charge is 0.256 e. The van der Waals surface area contributed by atoms with Crippen LogP contribution in [0.15, 0.2) is 36.5 Å². The number of nitrogens with zero attached hydrogens (tertiary/aromatic N) is 4. The van der Waals surface area contributed by atoms with Crippen molar-refractivity contribution in [3.63, 3.8) is 0 Å². The molecule has 3 aromatic heterocycles. The predicted molar refractivity (Wildman–Crippen MR) is 101 cm³/mol. The van der Waals surface area contributed by atoms with Crippen LogP contribution in [0.3, 0.4) is 0 Å². The van der Waals surface area contributed by atoms with E-state index in [0.717, 1.165) is 33.5 Å². The highest BCUT2D eigenvalue weighted by Crippen LogP contribution is 2.66. The number of aromatic nitrogens is 5. The molecule has 29 heavy (non-hydrogen) atoms. The number of aromatic amines is 1. The molecule has 1 unspecified atom stereocenters. The van der Waals surface area contributed by atoms with Crippen LogP contribution >= 0.6 is 0 Å². The first kappa shape index (κ1) is 16.8. The summed E-state index contributed by atoms with van der Waals surface area (Å²) < 4.78 is 43.4. The maximum absolute atomic E-state index is 14.1. The second-order valence-electron chi connectivity index (χ2n) is 8.12. The standard InChI is InChI=1S/C21H16F3N5/c1-11-6-14(15-8-25-27-19(15)26-11)17-16-7-20(9-21(20,23)24)10-29(16)28-18(17)12-2-4-13(22)5-3-12/h2-6,8H,7,9-10H2,1H3,(H,25,26,27). The monoisotopic (exact) mass is 395 g/mol. The molecule has 1 spiro atoms. The Morgan fingerprint density at radius 1 is 1.17 bits per heavy atom. The number of fused-ring (bicyclic) bond motifs is 2. The Kier molecular flexibility index (Phi) is 3.04. The van der Waals surface area contributed by atoms with Gasteiger partial charge >= 0.3 is 0 Å². The van der Waals surface area contributed by atoms with Gasteiger partial charge in [0.25, 0.3) is 5.92 Å². The molecule has 4 heterocycles. The summed E-state index contributed by atoms with van der Waals surface area (Å²) in [6.07, 6.45) is 1.85. The fourth-order valence-electron chi connectivity index (χ4n) is 4.57. The molecule has 8 heteroatoms. The lowest BCUT2D eigenvalue weighted by Gasteiger charge is -2.10. The third-order valence-electron chi connectivity index (χ3n) is 6.16. The van der Waals surface area contributed by atoms with Crippen molar-refractivity contribution in [3.8, 4) is 22.4 Å². The molecule has 0 amide bonds. The van der Waals surface area contributed by atoms with E-state index in [1.165, 1.54) is 12.1 Å². The van der Waals surface area contributed by atoms with Crippen molar-refractivity contribution in [1.82, 2.24) is 25.0 Å². The number of benzene rings is 1. The van der Waals surface area contributed by atoms with Crippen LogP contribution in [0.2, 0.25) is 0 Å². The minimum Gasteiger partial charge on any atom is -0.267 e. The minimum atomic E-state index is -2.65. The summed E-state index contributed by atoms with van der Waals surface area (Å²) in [4.78, 5) is 4.46. The number of pyridine rings is 1. The third-order valence-corrected chi connectivity index (χ3v) is 6.16. The van der Waals surface area contributed by atoms with Crippen LogP contribution in [0.5, 0.6) is 0 Å². The zero-order valence-electron chi connectivity index (χ0n) is 15.5. The molecule has 1 fully saturated rings. The number of H-pyrrole nitrogens is 1. The largest absolute Gasteiger partial charge is 0.267 e. The SMILES string of the molecule is Cc1cc(-c2c(-c3ccc(F)cc3)nn3c2CC2(C3)CC2(F)F)c2cn[nH]c2n1. The molecule has 2 aliphatic rings. The third kappa shape index (κ3) is 2.25. The summed E-state index contributed by atoms with van der Waals surface area (Å²) in [7, 11) is 0. The summed E-state index contributed by atoms with van der Waals surface area (Å²) >= 11 is 0. The second kappa shape index (κ2) is 5.25. The van der Waals surface area contributed by atoms with Crippen molar-refractivity contribution < 1.29 is 13.2 Å². The van der Waals surface area contributed by atoms with Crippen LogP contribution in [-0.2, 0) is 13.0 Å². The molecule has 1 aliphatic heterocycles. The van der Waals surface area contributed by atoms with E-state index in [0.29, 0.717) is 11.3 Å². The summed E-state index contributed by atoms with van der Waals surface area (Å²) in [5.74, 6) is -2.99. The fourth-order valence-corrected chi connectivity index (χ4v) is 4.57. The van der Waals surface area contributed by atoms with Crippen LogP contribution < -0.4 is 0 Å². The molecule has 1 aliphatic carbocycles. The van der Waals surface area contributed by atoms with Crippen molar-refractivity contribution >= 4 is 11.0 Å². The van der Waals surface area contributed by atoms with E-state index in [2.05, 4.69) is 15.2 Å². The molecule has 1 N–H and O–H groups in total. The molecule has 0 saturated heterocycles. The van der Waals surface area contributed by atoms with Gasteiger partial charge in [-0.1, -0.05) is 0 Å². The Morgan fingerprint density at radius 2 is 1.93 bits per heavy atom. The van der Waals surface area contributed by atoms with E-state index in [9.17, 15) is 13.2 Å². The Hall–Kier alpha value is -3.16. The lowest BCUT2D eigenvalue weighted by Crippen LogP contribution is -2.13. The highest BCUT2D eigenvalue weighted by atomic mass is 19.3. The van der Waals surface area contributed by atoms with E-state index in [-0.39, 0.29) is 25.2 Å². The van der Waals surface area contributed by atoms with Crippen molar-refractivity contribution in [3.05, 3.63) is 53.7 Å². The average molecular weight is 395 g/mol. The zero-order valence-corrected chi connectivity index (χ0v) is 15.5. The molecular weight excluding hydrogens is 379 g/mol. The van der Waals surface area contributed by atoms with Gasteiger partial charge in [-0.3, -0.25) is 9.78 Å². The van der Waals surface area contributed by atoms with Crippen LogP contribution in [0.4, 0.5) is 13.2 Å². The molecule has 1 aromatic carbocycles. The Labute approximate surface area is 163 Å². The molecule has 1 atom stereocenters. The molecular formula is C21H16F3N5. The number of halogens is 3. The fraction of sp³-hybridized carbons (Fsp3) is 0.286. The summed E-state index contributed by atoms with van der Waals surface area (Å²) in [5, 5.41) is 12.5. The van der Waals surface area contributed by atoms with Gasteiger partial charge in [0.2, 0.25) is 0 Å². The van der Waals surface area contributed by atoms with Gasteiger partial charge in [0.15, 0.2) is 5.65 Å². The topological polar surface area (TPSA) is 59.4 Å². The number of alkyl halides is 2. The number of rotatable bonds is 2. The molecule has 0 radical (unpaired) electrons. The van der Waals surface area contributed by atoms with Crippen molar-refractivity contribution in [2.75, 3.05) is 0 Å². The lowest BCUT2D eigenvalue weighted by molar-refractivity contribution is 0.0630. The van der Waals surface area contributed by atoms with Crippen LogP contribution in [-0.4, -0.2) is 30.9 Å². The molecule has 5 nitrogen and oxygen atoms in total. The van der Waals surface area contributed by atoms with E-state index < -0.39 is 11.3 Å². The Bertz CT molecular complexity index is 1290. The van der Waals surface area contributed by atoms with Crippen molar-refractivity contribution in [2.24, 2.45) is 5.41 Å². The number of hydrogen-bond acceptors (Lipinski definition) is 3. The van der Waals surface area contributed by atoms with Gasteiger partial charge in [-0.2, -0.15) is 10.2 Å². The minimum absolute atomic E-state index is 0.106. The highest BCUT2D eigenvalue weighted by Gasteiger charge is 2.73. The highest BCUT2D eigenvalue weighted by molar-refractivity contribution is 5.98. The first-order valence-corrected chi connectivity index (χ1v) is 9.41. The maximum atomic E-state index is 14.1. The molecule has 146 valence electrons. The van der Waals surface area contributed by atoms with Crippen LogP contribution in [0.25, 0.3) is 33.4 Å². The van der Waals surface area contributed by atoms with Crippen molar-refractivity contribution in [1.29, 1.82) is 0 Å². The van der Waals surface area contributed by atoms with Gasteiger partial charge in [0.1, 0.15) is 11.5 Å². The van der Waals surface area contributed by atoms with Gasteiger partial charge in [-0.15, -0.1) is 0 Å². The van der Waals surface area contributed by atoms with Gasteiger partial charge in [0, 0.05) is 46.3 Å². The summed E-state index contributed by atoms with van der Waals surface area (Å²) in [6, 6.07) is 8.02. The normalized spacial score (nSPS) is 21.8. The van der Waals surface area contributed by atoms with E-state index in [1.54, 1.807) is 23.0 Å². The van der Waals surface area contributed by atoms with Gasteiger partial charge in [-0.05, 0) is 37.3 Å². The van der Waals surface area contributed by atoms with E-state index in [4.69, 9.17) is 5.10 Å². The van der Waals surface area contributed by atoms with E-state index >= 15 is 0 Å². The number of nitrogens with one attached hydrogen (secondary N) is 1. The molecule has 1 saturated carbocycles. The molecule has 0 bridgehead atoms. The Morgan fingerprint density at radius 3 is 2.66 bits per heavy atom. The maximum Gasteiger partial charge on any atom is 0.256 e. The zero-order chi connectivity index (χ0) is 20.0. The number of hydrogen-bond donors (Lipinski definition) is 1. The second-order valence-corrected chi connectivity index (χ2v) is 8.12. The lowest BCUT2D eigenvalue weighted by atomic mass is 9.93. The quantitative estimate of drug-likeness (QED) is 0.543. The molecule has 4 aromatic rings. The predicted octanol–water partition coefficient (Wildman–Crippen LogP) is 4.52. The first-order valence-electron chi connectivity index (χ1n) is 9.41. The van der Waals surface area contributed by atoms with E-state index in [1.807, 2.05) is 13.0 Å². The van der Waals surface area contributed by atoms with Gasteiger partial charge < -0.3 is 0 Å². The number of aryl methyl sites for hydroxylation is 1. The Balaban J connectivity index is 1.62. The van der Waals surface area contributed by atoms with Gasteiger partial charge in [-0.25, -0.2) is 18.2 Å². The van der Waals surface area contributed by atoms with Crippen molar-refractivity contribution in [2.45, 2.75) is 32.2 Å². The van der Waals surface area contributed by atoms with Crippen LogP contribution in [0, 0.1) is 18.2 Å². The average Bonchev–Trinajstić information content (AvgIpc) is 3.11. The molecule has 6 rings (SSSR count). The summed E-state index contributed by atoms with van der Waals surface area (Å²) in [6.45, 7) is 2.07.